The fraction of sp³-hybridized carbons (Fsp3) is 0.688. The van der Waals surface area contributed by atoms with E-state index in [-0.39, 0.29) is 12.4 Å². The first-order valence-electron chi connectivity index (χ1n) is 7.92. The summed E-state index contributed by atoms with van der Waals surface area (Å²) in [5.41, 5.74) is 0. The van der Waals surface area contributed by atoms with Crippen molar-refractivity contribution in [2.24, 2.45) is 0 Å². The normalized spacial score (nSPS) is 26.9. The predicted molar refractivity (Wildman–Crippen MR) is 79.3 cm³/mol. The second kappa shape index (κ2) is 7.73. The SMILES string of the molecule is c1cncc(O[C@@H]2CCN(CCO[C@@H]3CCCCO3)C2)c1. The van der Waals surface area contributed by atoms with Crippen molar-refractivity contribution in [3.63, 3.8) is 0 Å². The molecule has 0 spiro atoms. The molecule has 5 heteroatoms. The van der Waals surface area contributed by atoms with Crippen LogP contribution >= 0.6 is 0 Å². The highest BCUT2D eigenvalue weighted by Gasteiger charge is 2.24. The molecule has 2 atom stereocenters. The van der Waals surface area contributed by atoms with Gasteiger partial charge in [-0.1, -0.05) is 0 Å². The van der Waals surface area contributed by atoms with Gasteiger partial charge in [-0.3, -0.25) is 9.88 Å². The lowest BCUT2D eigenvalue weighted by atomic mass is 10.2. The van der Waals surface area contributed by atoms with E-state index in [0.29, 0.717) is 0 Å². The molecule has 3 rings (SSSR count). The highest BCUT2D eigenvalue weighted by atomic mass is 16.7. The van der Waals surface area contributed by atoms with Gasteiger partial charge in [-0.25, -0.2) is 0 Å². The van der Waals surface area contributed by atoms with Crippen LogP contribution < -0.4 is 4.74 Å². The van der Waals surface area contributed by atoms with Crippen molar-refractivity contribution >= 4 is 0 Å². The Hall–Kier alpha value is -1.17. The molecule has 0 aromatic carbocycles. The molecular formula is C16H24N2O3. The average Bonchev–Trinajstić information content (AvgIpc) is 2.97. The van der Waals surface area contributed by atoms with E-state index in [0.717, 1.165) is 51.4 Å². The summed E-state index contributed by atoms with van der Waals surface area (Å²) in [6, 6.07) is 3.86. The van der Waals surface area contributed by atoms with E-state index in [1.165, 1.54) is 12.8 Å². The summed E-state index contributed by atoms with van der Waals surface area (Å²) in [4.78, 5) is 6.47. The zero-order chi connectivity index (χ0) is 14.3. The van der Waals surface area contributed by atoms with Gasteiger partial charge in [-0.2, -0.15) is 0 Å². The van der Waals surface area contributed by atoms with Crippen LogP contribution in [0, 0.1) is 0 Å². The average molecular weight is 292 g/mol. The van der Waals surface area contributed by atoms with Crippen molar-refractivity contribution in [2.75, 3.05) is 32.8 Å². The van der Waals surface area contributed by atoms with Gasteiger partial charge in [0.15, 0.2) is 6.29 Å². The third-order valence-electron chi connectivity index (χ3n) is 4.02. The van der Waals surface area contributed by atoms with Gasteiger partial charge >= 0.3 is 0 Å². The Morgan fingerprint density at radius 1 is 1.33 bits per heavy atom. The molecule has 116 valence electrons. The Morgan fingerprint density at radius 2 is 2.33 bits per heavy atom. The quantitative estimate of drug-likeness (QED) is 0.803. The number of aromatic nitrogens is 1. The van der Waals surface area contributed by atoms with Crippen molar-refractivity contribution in [3.05, 3.63) is 24.5 Å². The Balaban J connectivity index is 1.33. The Kier molecular flexibility index (Phi) is 5.43. The lowest BCUT2D eigenvalue weighted by Crippen LogP contribution is -2.30. The molecule has 1 aromatic rings. The first kappa shape index (κ1) is 14.8. The monoisotopic (exact) mass is 292 g/mol. The molecule has 21 heavy (non-hydrogen) atoms. The van der Waals surface area contributed by atoms with Crippen LogP contribution in [0.1, 0.15) is 25.7 Å². The molecule has 0 N–H and O–H groups in total. The van der Waals surface area contributed by atoms with Gasteiger partial charge in [0.25, 0.3) is 0 Å². The molecule has 0 radical (unpaired) electrons. The van der Waals surface area contributed by atoms with Gasteiger partial charge in [-0.05, 0) is 37.8 Å². The van der Waals surface area contributed by atoms with Crippen LogP contribution in [0.5, 0.6) is 5.75 Å². The maximum Gasteiger partial charge on any atom is 0.157 e. The van der Waals surface area contributed by atoms with Crippen LogP contribution in [-0.4, -0.2) is 55.1 Å². The van der Waals surface area contributed by atoms with Gasteiger partial charge in [0.05, 0.1) is 12.8 Å². The molecule has 0 amide bonds. The van der Waals surface area contributed by atoms with Crippen LogP contribution in [-0.2, 0) is 9.47 Å². The number of ether oxygens (including phenoxy) is 3. The molecule has 2 saturated heterocycles. The van der Waals surface area contributed by atoms with Crippen molar-refractivity contribution < 1.29 is 14.2 Å². The highest BCUT2D eigenvalue weighted by molar-refractivity contribution is 5.16. The smallest absolute Gasteiger partial charge is 0.157 e. The summed E-state index contributed by atoms with van der Waals surface area (Å²) in [7, 11) is 0. The summed E-state index contributed by atoms with van der Waals surface area (Å²) in [5.74, 6) is 0.858. The Labute approximate surface area is 126 Å². The molecule has 0 bridgehead atoms. The zero-order valence-electron chi connectivity index (χ0n) is 12.4. The molecular weight excluding hydrogens is 268 g/mol. The Morgan fingerprint density at radius 3 is 3.14 bits per heavy atom. The summed E-state index contributed by atoms with van der Waals surface area (Å²) in [6.45, 7) is 4.57. The van der Waals surface area contributed by atoms with Crippen molar-refractivity contribution in [2.45, 2.75) is 38.1 Å². The largest absolute Gasteiger partial charge is 0.487 e. The van der Waals surface area contributed by atoms with Crippen LogP contribution in [0.3, 0.4) is 0 Å². The zero-order valence-corrected chi connectivity index (χ0v) is 12.4. The minimum absolute atomic E-state index is 0.0174. The summed E-state index contributed by atoms with van der Waals surface area (Å²) < 4.78 is 17.3. The number of rotatable bonds is 6. The summed E-state index contributed by atoms with van der Waals surface area (Å²) >= 11 is 0. The first-order chi connectivity index (χ1) is 10.4. The number of hydrogen-bond acceptors (Lipinski definition) is 5. The summed E-state index contributed by atoms with van der Waals surface area (Å²) in [5, 5.41) is 0. The molecule has 0 aliphatic carbocycles. The van der Waals surface area contributed by atoms with Gasteiger partial charge in [0.1, 0.15) is 11.9 Å². The topological polar surface area (TPSA) is 43.8 Å². The second-order valence-corrected chi connectivity index (χ2v) is 5.68. The molecule has 2 aliphatic heterocycles. The van der Waals surface area contributed by atoms with E-state index in [4.69, 9.17) is 14.2 Å². The fourth-order valence-corrected chi connectivity index (χ4v) is 2.86. The van der Waals surface area contributed by atoms with E-state index in [1.54, 1.807) is 12.4 Å². The first-order valence-corrected chi connectivity index (χ1v) is 7.92. The van der Waals surface area contributed by atoms with E-state index < -0.39 is 0 Å². The van der Waals surface area contributed by atoms with Gasteiger partial charge in [0, 0.05) is 32.4 Å². The van der Waals surface area contributed by atoms with Crippen LogP contribution in [0.4, 0.5) is 0 Å². The lowest BCUT2D eigenvalue weighted by molar-refractivity contribution is -0.163. The standard InChI is InChI=1S/C16H24N2O3/c1-2-10-19-16(5-1)20-11-9-18-8-6-15(13-18)21-14-4-3-7-17-12-14/h3-4,7,12,15-16H,1-2,5-6,8-11,13H2/t15-,16-/m1/s1. The van der Waals surface area contributed by atoms with E-state index in [9.17, 15) is 0 Å². The molecule has 2 aliphatic rings. The number of likely N-dealkylation sites (tertiary alicyclic amines) is 1. The van der Waals surface area contributed by atoms with Crippen LogP contribution in [0.15, 0.2) is 24.5 Å². The minimum atomic E-state index is 0.0174. The van der Waals surface area contributed by atoms with Crippen molar-refractivity contribution in [3.8, 4) is 5.75 Å². The van der Waals surface area contributed by atoms with Gasteiger partial charge in [0.2, 0.25) is 0 Å². The number of nitrogens with zero attached hydrogens (tertiary/aromatic N) is 2. The lowest BCUT2D eigenvalue weighted by Gasteiger charge is -2.24. The highest BCUT2D eigenvalue weighted by Crippen LogP contribution is 2.17. The molecule has 0 unspecified atom stereocenters. The fourth-order valence-electron chi connectivity index (χ4n) is 2.86. The molecule has 5 nitrogen and oxygen atoms in total. The molecule has 2 fully saturated rings. The van der Waals surface area contributed by atoms with E-state index in [2.05, 4.69) is 9.88 Å². The second-order valence-electron chi connectivity index (χ2n) is 5.68. The third-order valence-corrected chi connectivity index (χ3v) is 4.02. The van der Waals surface area contributed by atoms with E-state index >= 15 is 0 Å². The summed E-state index contributed by atoms with van der Waals surface area (Å²) in [6.07, 6.45) is 8.30. The minimum Gasteiger partial charge on any atom is -0.487 e. The number of pyridine rings is 1. The predicted octanol–water partition coefficient (Wildman–Crippen LogP) is 2.08. The van der Waals surface area contributed by atoms with Crippen LogP contribution in [0.2, 0.25) is 0 Å². The molecule has 3 heterocycles. The number of hydrogen-bond donors (Lipinski definition) is 0. The Bertz CT molecular complexity index is 409. The van der Waals surface area contributed by atoms with Gasteiger partial charge < -0.3 is 14.2 Å². The molecule has 1 aromatic heterocycles. The van der Waals surface area contributed by atoms with Gasteiger partial charge in [-0.15, -0.1) is 0 Å². The van der Waals surface area contributed by atoms with Crippen LogP contribution in [0.25, 0.3) is 0 Å². The van der Waals surface area contributed by atoms with Crippen molar-refractivity contribution in [1.29, 1.82) is 0 Å². The molecule has 0 saturated carbocycles. The maximum atomic E-state index is 5.93. The maximum absolute atomic E-state index is 5.93. The van der Waals surface area contributed by atoms with E-state index in [1.807, 2.05) is 12.1 Å². The third kappa shape index (κ3) is 4.66. The van der Waals surface area contributed by atoms with Crippen molar-refractivity contribution in [1.82, 2.24) is 9.88 Å².